The van der Waals surface area contributed by atoms with E-state index in [-0.39, 0.29) is 0 Å². The molecule has 0 bridgehead atoms. The molecule has 0 saturated carbocycles. The molecule has 180 valence electrons. The van der Waals surface area contributed by atoms with Crippen molar-refractivity contribution in [1.82, 2.24) is 0 Å². The highest BCUT2D eigenvalue weighted by Crippen LogP contribution is 2.48. The third kappa shape index (κ3) is 6.23. The second-order valence-electron chi connectivity index (χ2n) is 8.60. The molecular formula is C20H50O4SSi5. The van der Waals surface area contributed by atoms with Gasteiger partial charge < -0.3 is 16.5 Å². The fraction of sp³-hybridized carbons (Fsp3) is 1.00. The molecule has 0 spiro atoms. The monoisotopic (exact) mass is 526 g/mol. The highest BCUT2D eigenvalue weighted by atomic mass is 32.5. The van der Waals surface area contributed by atoms with Gasteiger partial charge in [0.15, 0.2) is 0 Å². The van der Waals surface area contributed by atoms with Crippen LogP contribution in [0.25, 0.3) is 0 Å². The number of hydrogen-bond donors (Lipinski definition) is 0. The lowest BCUT2D eigenvalue weighted by Crippen LogP contribution is -2.66. The van der Waals surface area contributed by atoms with Crippen LogP contribution in [0.5, 0.6) is 0 Å². The predicted octanol–water partition coefficient (Wildman–Crippen LogP) is 8.21. The zero-order valence-electron chi connectivity index (χ0n) is 21.6. The van der Waals surface area contributed by atoms with Crippen LogP contribution in [0.4, 0.5) is 0 Å². The summed E-state index contributed by atoms with van der Waals surface area (Å²) in [5.41, 5.74) is 0. The smallest absolute Gasteiger partial charge is 0.320 e. The Labute approximate surface area is 196 Å². The average molecular weight is 527 g/mol. The lowest BCUT2D eigenvalue weighted by molar-refractivity contribution is 0.274. The third-order valence-corrected chi connectivity index (χ3v) is 44.6. The molecular weight excluding hydrogens is 477 g/mol. The van der Waals surface area contributed by atoms with Crippen LogP contribution in [-0.2, 0) is 16.5 Å². The maximum Gasteiger partial charge on any atom is 0.320 e. The highest BCUT2D eigenvalue weighted by Gasteiger charge is 2.58. The van der Waals surface area contributed by atoms with E-state index in [1.165, 1.54) is 0 Å². The summed E-state index contributed by atoms with van der Waals surface area (Å²) in [6.07, 6.45) is 0. The van der Waals surface area contributed by atoms with Crippen LogP contribution >= 0.6 is 10.7 Å². The molecule has 1 fully saturated rings. The molecule has 10 heteroatoms. The van der Waals surface area contributed by atoms with E-state index >= 15 is 0 Å². The predicted molar refractivity (Wildman–Crippen MR) is 146 cm³/mol. The molecule has 1 heterocycles. The molecule has 0 aromatic heterocycles. The van der Waals surface area contributed by atoms with E-state index in [9.17, 15) is 0 Å². The van der Waals surface area contributed by atoms with Crippen LogP contribution in [0.1, 0.15) is 69.2 Å². The van der Waals surface area contributed by atoms with E-state index < -0.39 is 40.6 Å². The lowest BCUT2D eigenvalue weighted by Gasteiger charge is -2.52. The van der Waals surface area contributed by atoms with Crippen molar-refractivity contribution in [2.75, 3.05) is 0 Å². The Morgan fingerprint density at radius 2 is 0.600 bits per heavy atom. The summed E-state index contributed by atoms with van der Waals surface area (Å²) in [5.74, 6) is 0. The van der Waals surface area contributed by atoms with Gasteiger partial charge in [-0.2, -0.15) is 10.7 Å². The van der Waals surface area contributed by atoms with Gasteiger partial charge in [-0.25, -0.2) is 0 Å². The first-order chi connectivity index (χ1) is 14.1. The van der Waals surface area contributed by atoms with Crippen molar-refractivity contribution >= 4 is 51.3 Å². The molecule has 0 radical (unpaired) electrons. The van der Waals surface area contributed by atoms with Gasteiger partial charge in [-0.05, 0) is 60.4 Å². The molecule has 1 aliphatic heterocycles. The Hall–Kier alpha value is 1.27. The molecule has 0 aromatic carbocycles. The Bertz CT molecular complexity index is 381. The number of hydrogen-bond acceptors (Lipinski definition) is 5. The average Bonchev–Trinajstić information content (AvgIpc) is 2.81. The van der Waals surface area contributed by atoms with Crippen molar-refractivity contribution in [3.05, 3.63) is 0 Å². The largest absolute Gasteiger partial charge is 0.428 e. The summed E-state index contributed by atoms with van der Waals surface area (Å²) in [5, 5.41) is 0. The lowest BCUT2D eigenvalue weighted by atomic mass is 10.9. The van der Waals surface area contributed by atoms with E-state index in [4.69, 9.17) is 16.5 Å². The minimum Gasteiger partial charge on any atom is -0.428 e. The summed E-state index contributed by atoms with van der Waals surface area (Å²) in [6, 6.07) is 10.7. The molecule has 0 atom stereocenters. The van der Waals surface area contributed by atoms with Gasteiger partial charge >= 0.3 is 25.7 Å². The summed E-state index contributed by atoms with van der Waals surface area (Å²) < 4.78 is 29.3. The summed E-state index contributed by atoms with van der Waals surface area (Å²) >= 11 is 0. The van der Waals surface area contributed by atoms with Gasteiger partial charge in [0.2, 0.25) is 14.9 Å². The molecule has 0 amide bonds. The van der Waals surface area contributed by atoms with E-state index in [0.717, 1.165) is 60.4 Å². The normalized spacial score (nSPS) is 25.0. The number of rotatable bonds is 10. The van der Waals surface area contributed by atoms with Gasteiger partial charge in [-0.15, -0.1) is 0 Å². The van der Waals surface area contributed by atoms with Crippen molar-refractivity contribution in [2.24, 2.45) is 0 Å². The molecule has 0 aliphatic carbocycles. The zero-order chi connectivity index (χ0) is 23.1. The fourth-order valence-corrected chi connectivity index (χ4v) is 51.1. The maximum absolute atomic E-state index is 7.40. The van der Waals surface area contributed by atoms with Gasteiger partial charge in [0.05, 0.1) is 0 Å². The van der Waals surface area contributed by atoms with Gasteiger partial charge in [-0.1, -0.05) is 69.2 Å². The van der Waals surface area contributed by atoms with Crippen LogP contribution in [0, 0.1) is 0 Å². The van der Waals surface area contributed by atoms with Crippen LogP contribution in [0.3, 0.4) is 0 Å². The molecule has 0 aromatic rings. The van der Waals surface area contributed by atoms with Crippen LogP contribution in [0.15, 0.2) is 0 Å². The first-order valence-electron chi connectivity index (χ1n) is 12.6. The van der Waals surface area contributed by atoms with Gasteiger partial charge in [-0.3, -0.25) is 0 Å². The van der Waals surface area contributed by atoms with Crippen molar-refractivity contribution in [3.8, 4) is 0 Å². The van der Waals surface area contributed by atoms with Crippen LogP contribution in [0.2, 0.25) is 60.4 Å². The molecule has 0 N–H and O–H groups in total. The minimum atomic E-state index is -2.39. The van der Waals surface area contributed by atoms with E-state index in [2.05, 4.69) is 79.9 Å². The molecule has 0 unspecified atom stereocenters. The van der Waals surface area contributed by atoms with Crippen molar-refractivity contribution in [2.45, 2.75) is 130 Å². The van der Waals surface area contributed by atoms with E-state index in [0.29, 0.717) is 0 Å². The van der Waals surface area contributed by atoms with Crippen molar-refractivity contribution in [3.63, 3.8) is 0 Å². The fourth-order valence-electron chi connectivity index (χ4n) is 4.49. The summed E-state index contributed by atoms with van der Waals surface area (Å²) in [4.78, 5) is 0. The second-order valence-corrected chi connectivity index (χ2v) is 35.2. The van der Waals surface area contributed by atoms with Crippen molar-refractivity contribution < 1.29 is 16.5 Å². The van der Waals surface area contributed by atoms with Crippen molar-refractivity contribution in [1.29, 1.82) is 0 Å². The zero-order valence-corrected chi connectivity index (χ0v) is 27.4. The summed E-state index contributed by atoms with van der Waals surface area (Å²) in [7, 11) is -8.87. The van der Waals surface area contributed by atoms with Gasteiger partial charge in [0, 0.05) is 0 Å². The first-order valence-corrected chi connectivity index (χ1v) is 26.3. The standard InChI is InChI=1S/C20H50O4SSi5/c1-11-26(12-2)21-27(13-3,14-4)23-29(17-7,18-8)25-30(19-9,20-10)24-28(15-5,16-6)22-26/h11-20H2,1-10H3. The Morgan fingerprint density at radius 1 is 0.367 bits per heavy atom. The Balaban J connectivity index is 3.78. The molecule has 1 aliphatic rings. The van der Waals surface area contributed by atoms with Gasteiger partial charge in [0.1, 0.15) is 0 Å². The van der Waals surface area contributed by atoms with E-state index in [1.54, 1.807) is 0 Å². The SMILES string of the molecule is CC[Si]1(CC)O[Si](CC)(CC)O[Si](CC)(CC)S[Si](CC)(CC)O[Si](CC)(CC)O1. The quantitative estimate of drug-likeness (QED) is 0.268. The first kappa shape index (κ1) is 29.3. The highest BCUT2D eigenvalue weighted by molar-refractivity contribution is 8.49. The second kappa shape index (κ2) is 12.1. The molecule has 30 heavy (non-hydrogen) atoms. The minimum absolute atomic E-state index is 0.993. The van der Waals surface area contributed by atoms with Crippen LogP contribution in [-0.4, -0.2) is 40.6 Å². The van der Waals surface area contributed by atoms with E-state index in [1.807, 2.05) is 0 Å². The summed E-state index contributed by atoms with van der Waals surface area (Å²) in [6.45, 7) is 23.2. The molecule has 1 rings (SSSR count). The third-order valence-electron chi connectivity index (χ3n) is 7.25. The van der Waals surface area contributed by atoms with Crippen LogP contribution < -0.4 is 0 Å². The van der Waals surface area contributed by atoms with Gasteiger partial charge in [0.25, 0.3) is 0 Å². The maximum atomic E-state index is 7.40. The molecule has 4 nitrogen and oxygen atoms in total. The Morgan fingerprint density at radius 3 is 0.800 bits per heavy atom. The topological polar surface area (TPSA) is 36.9 Å². The molecule has 1 saturated heterocycles. The Kier molecular flexibility index (Phi) is 11.8.